The Labute approximate surface area is 62.8 Å². The monoisotopic (exact) mass is 140 g/mol. The minimum Gasteiger partial charge on any atom is -0.375 e. The Morgan fingerprint density at radius 3 is 2.60 bits per heavy atom. The van der Waals surface area contributed by atoms with Crippen LogP contribution in [0.25, 0.3) is 0 Å². The molecule has 1 nitrogen and oxygen atoms in total. The summed E-state index contributed by atoms with van der Waals surface area (Å²) < 4.78 is 5.81. The third kappa shape index (κ3) is 0.800. The van der Waals surface area contributed by atoms with Crippen LogP contribution in [-0.2, 0) is 4.74 Å². The standard InChI is InChI=1S/C9H16O/c1-8-4-2-5-9(8)6-3-7-10-9/h8H,2-7H2,1H3. The van der Waals surface area contributed by atoms with Crippen LogP contribution in [0.15, 0.2) is 0 Å². The molecule has 0 bridgehead atoms. The lowest BCUT2D eigenvalue weighted by atomic mass is 9.90. The summed E-state index contributed by atoms with van der Waals surface area (Å²) in [5.41, 5.74) is 0.347. The summed E-state index contributed by atoms with van der Waals surface area (Å²) in [5.74, 6) is 0.829. The number of rotatable bonds is 0. The summed E-state index contributed by atoms with van der Waals surface area (Å²) >= 11 is 0. The Morgan fingerprint density at radius 2 is 2.10 bits per heavy atom. The van der Waals surface area contributed by atoms with Crippen molar-refractivity contribution in [3.63, 3.8) is 0 Å². The molecule has 0 aromatic rings. The Bertz CT molecular complexity index is 119. The van der Waals surface area contributed by atoms with E-state index >= 15 is 0 Å². The summed E-state index contributed by atoms with van der Waals surface area (Å²) in [4.78, 5) is 0. The molecule has 2 fully saturated rings. The van der Waals surface area contributed by atoms with Crippen molar-refractivity contribution >= 4 is 0 Å². The molecular weight excluding hydrogens is 124 g/mol. The highest BCUT2D eigenvalue weighted by Crippen LogP contribution is 2.44. The average Bonchev–Trinajstić information content (AvgIpc) is 2.48. The van der Waals surface area contributed by atoms with Crippen LogP contribution in [0.1, 0.15) is 39.0 Å². The van der Waals surface area contributed by atoms with Gasteiger partial charge in [-0.3, -0.25) is 0 Å². The summed E-state index contributed by atoms with van der Waals surface area (Å²) in [6.07, 6.45) is 6.73. The van der Waals surface area contributed by atoms with Crippen molar-refractivity contribution in [2.24, 2.45) is 5.92 Å². The van der Waals surface area contributed by atoms with E-state index in [9.17, 15) is 0 Å². The van der Waals surface area contributed by atoms with Crippen molar-refractivity contribution in [1.29, 1.82) is 0 Å². The molecule has 0 radical (unpaired) electrons. The molecule has 0 aromatic heterocycles. The van der Waals surface area contributed by atoms with Crippen molar-refractivity contribution in [3.05, 3.63) is 0 Å². The van der Waals surface area contributed by atoms with E-state index in [1.54, 1.807) is 0 Å². The predicted octanol–water partition coefficient (Wildman–Crippen LogP) is 2.36. The molecule has 0 aromatic carbocycles. The van der Waals surface area contributed by atoms with Crippen molar-refractivity contribution in [2.45, 2.75) is 44.6 Å². The van der Waals surface area contributed by atoms with Gasteiger partial charge in [-0.15, -0.1) is 0 Å². The van der Waals surface area contributed by atoms with Crippen LogP contribution in [0.4, 0.5) is 0 Å². The average molecular weight is 140 g/mol. The molecule has 0 amide bonds. The van der Waals surface area contributed by atoms with Crippen molar-refractivity contribution in [3.8, 4) is 0 Å². The highest BCUT2D eigenvalue weighted by Gasteiger charge is 2.43. The molecule has 1 heterocycles. The first-order valence-electron chi connectivity index (χ1n) is 4.47. The molecule has 1 spiro atoms. The highest BCUT2D eigenvalue weighted by molar-refractivity contribution is 4.94. The van der Waals surface area contributed by atoms with Crippen LogP contribution in [-0.4, -0.2) is 12.2 Å². The fourth-order valence-corrected chi connectivity index (χ4v) is 2.52. The lowest BCUT2D eigenvalue weighted by molar-refractivity contribution is -0.0208. The Morgan fingerprint density at radius 1 is 1.30 bits per heavy atom. The minimum absolute atomic E-state index is 0.347. The third-order valence-electron chi connectivity index (χ3n) is 3.27. The van der Waals surface area contributed by atoms with E-state index in [1.165, 1.54) is 32.1 Å². The molecule has 1 saturated carbocycles. The zero-order valence-electron chi connectivity index (χ0n) is 6.73. The van der Waals surface area contributed by atoms with Crippen LogP contribution in [0.5, 0.6) is 0 Å². The Hall–Kier alpha value is -0.0400. The number of hydrogen-bond acceptors (Lipinski definition) is 1. The third-order valence-corrected chi connectivity index (χ3v) is 3.27. The van der Waals surface area contributed by atoms with Gasteiger partial charge in [0.1, 0.15) is 0 Å². The van der Waals surface area contributed by atoms with Gasteiger partial charge in [-0.2, -0.15) is 0 Å². The van der Waals surface area contributed by atoms with Crippen LogP contribution >= 0.6 is 0 Å². The summed E-state index contributed by atoms with van der Waals surface area (Å²) in [6, 6.07) is 0. The normalized spacial score (nSPS) is 47.1. The second-order valence-corrected chi connectivity index (χ2v) is 3.81. The largest absolute Gasteiger partial charge is 0.375 e. The molecule has 0 N–H and O–H groups in total. The molecule has 58 valence electrons. The van der Waals surface area contributed by atoms with Gasteiger partial charge in [0.15, 0.2) is 0 Å². The zero-order valence-corrected chi connectivity index (χ0v) is 6.73. The first-order chi connectivity index (χ1) is 4.83. The first-order valence-corrected chi connectivity index (χ1v) is 4.47. The maximum Gasteiger partial charge on any atom is 0.0708 e. The topological polar surface area (TPSA) is 9.23 Å². The fraction of sp³-hybridized carbons (Fsp3) is 1.00. The molecule has 2 atom stereocenters. The first kappa shape index (κ1) is 6.66. The second-order valence-electron chi connectivity index (χ2n) is 3.81. The van der Waals surface area contributed by atoms with E-state index < -0.39 is 0 Å². The number of ether oxygens (including phenoxy) is 1. The lowest BCUT2D eigenvalue weighted by Gasteiger charge is -2.27. The maximum atomic E-state index is 5.81. The minimum atomic E-state index is 0.347. The zero-order chi connectivity index (χ0) is 7.03. The molecule has 1 heteroatoms. The maximum absolute atomic E-state index is 5.81. The molecule has 1 aliphatic heterocycles. The molecule has 2 unspecified atom stereocenters. The predicted molar refractivity (Wildman–Crippen MR) is 40.9 cm³/mol. The smallest absolute Gasteiger partial charge is 0.0708 e. The van der Waals surface area contributed by atoms with Crippen LogP contribution < -0.4 is 0 Å². The Kier molecular flexibility index (Phi) is 1.48. The van der Waals surface area contributed by atoms with E-state index in [2.05, 4.69) is 6.92 Å². The molecule has 1 aliphatic carbocycles. The van der Waals surface area contributed by atoms with Crippen molar-refractivity contribution in [1.82, 2.24) is 0 Å². The fourth-order valence-electron chi connectivity index (χ4n) is 2.52. The molecule has 2 rings (SSSR count). The quantitative estimate of drug-likeness (QED) is 0.502. The highest BCUT2D eigenvalue weighted by atomic mass is 16.5. The van der Waals surface area contributed by atoms with Crippen molar-refractivity contribution in [2.75, 3.05) is 6.61 Å². The van der Waals surface area contributed by atoms with Gasteiger partial charge in [0, 0.05) is 6.61 Å². The van der Waals surface area contributed by atoms with E-state index in [1.807, 2.05) is 0 Å². The molecule has 10 heavy (non-hydrogen) atoms. The van der Waals surface area contributed by atoms with Gasteiger partial charge in [0.2, 0.25) is 0 Å². The van der Waals surface area contributed by atoms with E-state index in [-0.39, 0.29) is 0 Å². The number of hydrogen-bond donors (Lipinski definition) is 0. The molecule has 1 saturated heterocycles. The van der Waals surface area contributed by atoms with Gasteiger partial charge in [0.05, 0.1) is 5.60 Å². The van der Waals surface area contributed by atoms with Gasteiger partial charge in [-0.05, 0) is 31.6 Å². The summed E-state index contributed by atoms with van der Waals surface area (Å²) in [6.45, 7) is 3.36. The van der Waals surface area contributed by atoms with Crippen LogP contribution in [0.3, 0.4) is 0 Å². The van der Waals surface area contributed by atoms with E-state index in [4.69, 9.17) is 4.74 Å². The van der Waals surface area contributed by atoms with Gasteiger partial charge in [-0.25, -0.2) is 0 Å². The van der Waals surface area contributed by atoms with Gasteiger partial charge in [0.25, 0.3) is 0 Å². The van der Waals surface area contributed by atoms with E-state index in [0.29, 0.717) is 5.60 Å². The van der Waals surface area contributed by atoms with Crippen LogP contribution in [0, 0.1) is 5.92 Å². The summed E-state index contributed by atoms with van der Waals surface area (Å²) in [7, 11) is 0. The van der Waals surface area contributed by atoms with E-state index in [0.717, 1.165) is 12.5 Å². The van der Waals surface area contributed by atoms with Gasteiger partial charge in [-0.1, -0.05) is 13.3 Å². The van der Waals surface area contributed by atoms with Crippen LogP contribution in [0.2, 0.25) is 0 Å². The lowest BCUT2D eigenvalue weighted by Crippen LogP contribution is -2.30. The molecular formula is C9H16O. The Balaban J connectivity index is 2.11. The second kappa shape index (κ2) is 2.23. The van der Waals surface area contributed by atoms with Gasteiger partial charge < -0.3 is 4.74 Å². The SMILES string of the molecule is CC1CCCC12CCCO2. The van der Waals surface area contributed by atoms with Gasteiger partial charge >= 0.3 is 0 Å². The summed E-state index contributed by atoms with van der Waals surface area (Å²) in [5, 5.41) is 0. The molecule has 2 aliphatic rings. The van der Waals surface area contributed by atoms with Crippen molar-refractivity contribution < 1.29 is 4.74 Å².